The molecule has 1 saturated heterocycles. The zero-order valence-electron chi connectivity index (χ0n) is 15.2. The summed E-state index contributed by atoms with van der Waals surface area (Å²) < 4.78 is 11.9. The van der Waals surface area contributed by atoms with Gasteiger partial charge in [0.05, 0.1) is 18.9 Å². The number of unbranched alkanes of at least 4 members (excludes halogenated alkanes) is 2. The van der Waals surface area contributed by atoms with Gasteiger partial charge in [-0.3, -0.25) is 0 Å². The summed E-state index contributed by atoms with van der Waals surface area (Å²) >= 11 is 0. The Morgan fingerprint density at radius 1 is 1.04 bits per heavy atom. The molecule has 1 aliphatic carbocycles. The lowest BCUT2D eigenvalue weighted by Crippen LogP contribution is -2.32. The average Bonchev–Trinajstić information content (AvgIpc) is 2.63. The number of rotatable bonds is 9. The van der Waals surface area contributed by atoms with E-state index in [0.717, 1.165) is 50.2 Å². The molecular formula is C19H31N3O2. The van der Waals surface area contributed by atoms with Crippen molar-refractivity contribution in [3.8, 4) is 0 Å². The standard InChI is InChI=1S/C19H31N3O2/c1-3-5-12-23-18-15-17(22-10-8-7-9-11-22)19(14-16(18)21-20)24-13-6-4-2/h15H,3-14H2,1-2H3. The normalized spacial score (nSPS) is 18.3. The molecule has 0 radical (unpaired) electrons. The summed E-state index contributed by atoms with van der Waals surface area (Å²) in [6.45, 7) is 7.77. The maximum atomic E-state index is 9.38. The number of allylic oxidation sites excluding steroid dienone is 3. The zero-order chi connectivity index (χ0) is 17.2. The van der Waals surface area contributed by atoms with Crippen molar-refractivity contribution in [2.75, 3.05) is 26.3 Å². The van der Waals surface area contributed by atoms with E-state index in [0.29, 0.717) is 31.1 Å². The molecule has 5 heteroatoms. The Morgan fingerprint density at radius 2 is 1.71 bits per heavy atom. The summed E-state index contributed by atoms with van der Waals surface area (Å²) in [6.07, 6.45) is 10.5. The molecule has 1 fully saturated rings. The van der Waals surface area contributed by atoms with Crippen LogP contribution in [0.4, 0.5) is 0 Å². The Morgan fingerprint density at radius 3 is 2.33 bits per heavy atom. The molecule has 2 rings (SSSR count). The van der Waals surface area contributed by atoms with E-state index in [-0.39, 0.29) is 0 Å². The minimum absolute atomic E-state index is 0.504. The fourth-order valence-electron chi connectivity index (χ4n) is 3.02. The molecule has 5 nitrogen and oxygen atoms in total. The Bertz CT molecular complexity index is 513. The molecule has 0 aromatic rings. The van der Waals surface area contributed by atoms with E-state index in [1.807, 2.05) is 6.08 Å². The Labute approximate surface area is 145 Å². The molecule has 24 heavy (non-hydrogen) atoms. The number of piperidine rings is 1. The SMILES string of the molecule is CCCCOC1=CC(N2CCCCC2)=C(OCCCC)CC1=[N+]=[N-]. The Hall–Kier alpha value is -1.74. The number of likely N-dealkylation sites (tertiary alicyclic amines) is 1. The smallest absolute Gasteiger partial charge is 0.341 e. The van der Waals surface area contributed by atoms with E-state index in [2.05, 4.69) is 23.5 Å². The van der Waals surface area contributed by atoms with Gasteiger partial charge in [-0.15, -0.1) is 0 Å². The molecule has 0 N–H and O–H groups in total. The van der Waals surface area contributed by atoms with Gasteiger partial charge in [0.1, 0.15) is 12.2 Å². The Balaban J connectivity index is 2.21. The molecule has 0 spiro atoms. The first-order chi connectivity index (χ1) is 11.8. The first kappa shape index (κ1) is 18.6. The summed E-state index contributed by atoms with van der Waals surface area (Å²) in [4.78, 5) is 5.85. The van der Waals surface area contributed by atoms with Crippen LogP contribution in [0.3, 0.4) is 0 Å². The maximum Gasteiger partial charge on any atom is 0.341 e. The number of hydrogen-bond acceptors (Lipinski definition) is 3. The van der Waals surface area contributed by atoms with Crippen LogP contribution >= 0.6 is 0 Å². The molecule has 134 valence electrons. The second-order valence-corrected chi connectivity index (χ2v) is 6.49. The molecule has 1 aliphatic heterocycles. The van der Waals surface area contributed by atoms with E-state index < -0.39 is 0 Å². The molecule has 0 amide bonds. The summed E-state index contributed by atoms with van der Waals surface area (Å²) in [7, 11) is 0. The molecule has 0 bridgehead atoms. The lowest BCUT2D eigenvalue weighted by Gasteiger charge is -2.32. The second-order valence-electron chi connectivity index (χ2n) is 6.49. The fourth-order valence-corrected chi connectivity index (χ4v) is 3.02. The largest absolute Gasteiger partial charge is 0.495 e. The van der Waals surface area contributed by atoms with Crippen molar-refractivity contribution in [1.29, 1.82) is 0 Å². The first-order valence-corrected chi connectivity index (χ1v) is 9.46. The third-order valence-corrected chi connectivity index (χ3v) is 4.51. The highest BCUT2D eigenvalue weighted by molar-refractivity contribution is 5.97. The van der Waals surface area contributed by atoms with E-state index >= 15 is 0 Å². The molecule has 0 saturated carbocycles. The summed E-state index contributed by atoms with van der Waals surface area (Å²) in [5.74, 6) is 1.61. The lowest BCUT2D eigenvalue weighted by molar-refractivity contribution is -0.0142. The van der Waals surface area contributed by atoms with E-state index in [9.17, 15) is 5.53 Å². The van der Waals surface area contributed by atoms with Crippen molar-refractivity contribution in [2.24, 2.45) is 0 Å². The van der Waals surface area contributed by atoms with Crippen molar-refractivity contribution < 1.29 is 14.3 Å². The van der Waals surface area contributed by atoms with Crippen LogP contribution in [-0.4, -0.2) is 41.7 Å². The second kappa shape index (κ2) is 10.2. The molecule has 2 aliphatic rings. The van der Waals surface area contributed by atoms with Crippen molar-refractivity contribution in [2.45, 2.75) is 65.2 Å². The molecule has 1 heterocycles. The lowest BCUT2D eigenvalue weighted by atomic mass is 10.0. The average molecular weight is 333 g/mol. The first-order valence-electron chi connectivity index (χ1n) is 9.46. The fraction of sp³-hybridized carbons (Fsp3) is 0.737. The van der Waals surface area contributed by atoms with Gasteiger partial charge >= 0.3 is 5.71 Å². The predicted molar refractivity (Wildman–Crippen MR) is 95.5 cm³/mol. The van der Waals surface area contributed by atoms with E-state index in [1.165, 1.54) is 19.3 Å². The third kappa shape index (κ3) is 5.13. The van der Waals surface area contributed by atoms with Crippen LogP contribution in [0.5, 0.6) is 0 Å². The van der Waals surface area contributed by atoms with Gasteiger partial charge in [-0.05, 0) is 32.1 Å². The van der Waals surface area contributed by atoms with Crippen molar-refractivity contribution in [1.82, 2.24) is 4.90 Å². The van der Waals surface area contributed by atoms with Gasteiger partial charge in [-0.1, -0.05) is 26.7 Å². The van der Waals surface area contributed by atoms with Gasteiger partial charge in [0.15, 0.2) is 0 Å². The number of ether oxygens (including phenoxy) is 2. The highest BCUT2D eigenvalue weighted by Gasteiger charge is 2.30. The van der Waals surface area contributed by atoms with E-state index in [1.54, 1.807) is 0 Å². The molecule has 0 aromatic carbocycles. The Kier molecular flexibility index (Phi) is 7.90. The summed E-state index contributed by atoms with van der Waals surface area (Å²) in [5, 5.41) is 0. The minimum atomic E-state index is 0.504. The summed E-state index contributed by atoms with van der Waals surface area (Å²) in [5.41, 5.74) is 11.1. The van der Waals surface area contributed by atoms with Crippen LogP contribution in [0.25, 0.3) is 5.53 Å². The topological polar surface area (TPSA) is 58.1 Å². The third-order valence-electron chi connectivity index (χ3n) is 4.51. The van der Waals surface area contributed by atoms with E-state index in [4.69, 9.17) is 9.47 Å². The van der Waals surface area contributed by atoms with Crippen molar-refractivity contribution >= 4 is 5.71 Å². The maximum absolute atomic E-state index is 9.38. The van der Waals surface area contributed by atoms with Gasteiger partial charge in [-0.2, -0.15) is 4.79 Å². The van der Waals surface area contributed by atoms with Gasteiger partial charge in [0.25, 0.3) is 0 Å². The highest BCUT2D eigenvalue weighted by Crippen LogP contribution is 2.28. The van der Waals surface area contributed by atoms with Gasteiger partial charge in [-0.25, -0.2) is 0 Å². The van der Waals surface area contributed by atoms with Crippen LogP contribution in [0.2, 0.25) is 0 Å². The predicted octanol–water partition coefficient (Wildman–Crippen LogP) is 4.28. The van der Waals surface area contributed by atoms with Crippen molar-refractivity contribution in [3.05, 3.63) is 28.8 Å². The summed E-state index contributed by atoms with van der Waals surface area (Å²) in [6, 6.07) is 0. The van der Waals surface area contributed by atoms with Gasteiger partial charge in [0.2, 0.25) is 5.76 Å². The quantitative estimate of drug-likeness (QED) is 0.359. The minimum Gasteiger partial charge on any atom is -0.495 e. The van der Waals surface area contributed by atoms with Gasteiger partial charge < -0.3 is 19.9 Å². The highest BCUT2D eigenvalue weighted by atomic mass is 16.5. The number of nitrogens with zero attached hydrogens (tertiary/aromatic N) is 3. The van der Waals surface area contributed by atoms with Gasteiger partial charge in [0, 0.05) is 19.2 Å². The monoisotopic (exact) mass is 333 g/mol. The molecule has 0 atom stereocenters. The molecule has 0 aromatic heterocycles. The van der Waals surface area contributed by atoms with Crippen molar-refractivity contribution in [3.63, 3.8) is 0 Å². The van der Waals surface area contributed by atoms with Crippen LogP contribution < -0.4 is 0 Å². The molecular weight excluding hydrogens is 302 g/mol. The molecule has 0 unspecified atom stereocenters. The van der Waals surface area contributed by atoms with Crippen LogP contribution in [0.1, 0.15) is 65.2 Å². The van der Waals surface area contributed by atoms with Crippen LogP contribution in [0.15, 0.2) is 23.3 Å². The van der Waals surface area contributed by atoms with Crippen LogP contribution in [-0.2, 0) is 9.47 Å². The zero-order valence-corrected chi connectivity index (χ0v) is 15.2. The number of hydrogen-bond donors (Lipinski definition) is 0. The van der Waals surface area contributed by atoms with Crippen LogP contribution in [0, 0.1) is 0 Å².